The summed E-state index contributed by atoms with van der Waals surface area (Å²) in [5.41, 5.74) is 1.43. The van der Waals surface area contributed by atoms with Crippen LogP contribution in [-0.4, -0.2) is 41.1 Å². The van der Waals surface area contributed by atoms with Gasteiger partial charge in [0.25, 0.3) is 0 Å². The molecule has 1 aliphatic rings. The molecule has 1 aromatic heterocycles. The number of anilines is 1. The topological polar surface area (TPSA) is 75.4 Å². The lowest BCUT2D eigenvalue weighted by Gasteiger charge is -2.31. The number of amides is 2. The fourth-order valence-corrected chi connectivity index (χ4v) is 2.89. The maximum absolute atomic E-state index is 12.5. The van der Waals surface area contributed by atoms with Gasteiger partial charge in [-0.25, -0.2) is 0 Å². The second kappa shape index (κ2) is 7.19. The van der Waals surface area contributed by atoms with Crippen molar-refractivity contribution in [2.75, 3.05) is 18.4 Å². The summed E-state index contributed by atoms with van der Waals surface area (Å²) >= 11 is 0. The first kappa shape index (κ1) is 18.0. The summed E-state index contributed by atoms with van der Waals surface area (Å²) in [4.78, 5) is 24.4. The molecule has 1 aromatic carbocycles. The largest absolute Gasteiger partial charge is 0.471 e. The van der Waals surface area contributed by atoms with Crippen LogP contribution < -0.4 is 5.32 Å². The van der Waals surface area contributed by atoms with E-state index >= 15 is 0 Å². The highest BCUT2D eigenvalue weighted by Crippen LogP contribution is 2.29. The molecule has 3 rings (SSSR count). The molecule has 0 radical (unpaired) electrons. The van der Waals surface area contributed by atoms with Crippen molar-refractivity contribution >= 4 is 17.7 Å². The molecule has 6 nitrogen and oxygen atoms in total. The smallest absolute Gasteiger partial charge is 0.338 e. The monoisotopic (exact) mass is 367 g/mol. The lowest BCUT2D eigenvalue weighted by molar-refractivity contribution is -0.186. The van der Waals surface area contributed by atoms with Crippen LogP contribution in [0, 0.1) is 5.92 Å². The molecule has 2 amide bonds. The van der Waals surface area contributed by atoms with Gasteiger partial charge in [0.15, 0.2) is 0 Å². The number of aromatic nitrogens is 1. The minimum Gasteiger partial charge on any atom is -0.338 e. The first-order chi connectivity index (χ1) is 12.4. The second-order valence-corrected chi connectivity index (χ2v) is 5.99. The minimum absolute atomic E-state index is 0.113. The van der Waals surface area contributed by atoms with Crippen LogP contribution in [0.1, 0.15) is 12.8 Å². The number of likely N-dealkylation sites (tertiary alicyclic amines) is 1. The summed E-state index contributed by atoms with van der Waals surface area (Å²) in [5, 5.41) is 6.33. The molecular formula is C17H16F3N3O3. The molecule has 0 unspecified atom stereocenters. The van der Waals surface area contributed by atoms with E-state index in [1.54, 1.807) is 0 Å². The Morgan fingerprint density at radius 3 is 2.42 bits per heavy atom. The molecular weight excluding hydrogens is 351 g/mol. The lowest BCUT2D eigenvalue weighted by Crippen LogP contribution is -2.46. The Morgan fingerprint density at radius 2 is 1.81 bits per heavy atom. The van der Waals surface area contributed by atoms with Crippen molar-refractivity contribution in [2.45, 2.75) is 19.0 Å². The van der Waals surface area contributed by atoms with Crippen molar-refractivity contribution in [3.8, 4) is 11.1 Å². The van der Waals surface area contributed by atoms with Gasteiger partial charge in [0, 0.05) is 19.0 Å². The van der Waals surface area contributed by atoms with Gasteiger partial charge in [-0.1, -0.05) is 35.5 Å². The zero-order valence-electron chi connectivity index (χ0n) is 13.6. The third kappa shape index (κ3) is 3.87. The number of rotatable bonds is 3. The number of nitrogens with one attached hydrogen (secondary N) is 1. The highest BCUT2D eigenvalue weighted by atomic mass is 19.4. The molecule has 1 fully saturated rings. The molecule has 0 saturated carbocycles. The van der Waals surface area contributed by atoms with Gasteiger partial charge in [-0.2, -0.15) is 13.2 Å². The first-order valence-corrected chi connectivity index (χ1v) is 8.03. The van der Waals surface area contributed by atoms with E-state index in [4.69, 9.17) is 4.52 Å². The van der Waals surface area contributed by atoms with Crippen molar-refractivity contribution in [2.24, 2.45) is 5.92 Å². The van der Waals surface area contributed by atoms with E-state index < -0.39 is 18.0 Å². The summed E-state index contributed by atoms with van der Waals surface area (Å²) < 4.78 is 42.5. The normalized spacial score (nSPS) is 15.7. The van der Waals surface area contributed by atoms with Crippen molar-refractivity contribution in [3.63, 3.8) is 0 Å². The van der Waals surface area contributed by atoms with Crippen LogP contribution in [0.25, 0.3) is 11.1 Å². The maximum Gasteiger partial charge on any atom is 0.471 e. The fourth-order valence-electron chi connectivity index (χ4n) is 2.89. The van der Waals surface area contributed by atoms with Crippen molar-refractivity contribution < 1.29 is 27.3 Å². The van der Waals surface area contributed by atoms with Gasteiger partial charge in [0.2, 0.25) is 11.8 Å². The predicted molar refractivity (Wildman–Crippen MR) is 85.9 cm³/mol. The van der Waals surface area contributed by atoms with E-state index in [2.05, 4.69) is 10.5 Å². The standard InChI is InChI=1S/C17H16F3N3O3/c18-17(19,20)16(25)23-8-6-12(7-9-23)14(24)22-15-13(10-21-26-15)11-4-2-1-3-5-11/h1-5,10,12H,6-9H2,(H,22,24). The Balaban J connectivity index is 1.61. The number of hydrogen-bond donors (Lipinski definition) is 1. The number of hydrogen-bond acceptors (Lipinski definition) is 4. The number of carbonyl (C=O) groups excluding carboxylic acids is 2. The average molecular weight is 367 g/mol. The Kier molecular flexibility index (Phi) is 4.97. The molecule has 1 saturated heterocycles. The minimum atomic E-state index is -4.89. The van der Waals surface area contributed by atoms with Crippen molar-refractivity contribution in [1.29, 1.82) is 0 Å². The predicted octanol–water partition coefficient (Wildman–Crippen LogP) is 3.08. The van der Waals surface area contributed by atoms with E-state index in [1.165, 1.54) is 6.20 Å². The molecule has 0 bridgehead atoms. The zero-order valence-corrected chi connectivity index (χ0v) is 13.6. The third-order valence-electron chi connectivity index (χ3n) is 4.29. The number of alkyl halides is 3. The molecule has 138 valence electrons. The fraction of sp³-hybridized carbons (Fsp3) is 0.353. The Hall–Kier alpha value is -2.84. The summed E-state index contributed by atoms with van der Waals surface area (Å²) in [6.07, 6.45) is -3.10. The highest BCUT2D eigenvalue weighted by Gasteiger charge is 2.43. The van der Waals surface area contributed by atoms with Crippen LogP contribution in [-0.2, 0) is 9.59 Å². The Labute approximate surface area is 146 Å². The number of benzene rings is 1. The Morgan fingerprint density at radius 1 is 1.15 bits per heavy atom. The van der Waals surface area contributed by atoms with E-state index in [9.17, 15) is 22.8 Å². The van der Waals surface area contributed by atoms with Crippen molar-refractivity contribution in [3.05, 3.63) is 36.5 Å². The summed E-state index contributed by atoms with van der Waals surface area (Å²) in [7, 11) is 0. The third-order valence-corrected chi connectivity index (χ3v) is 4.29. The van der Waals surface area contributed by atoms with Gasteiger partial charge in [-0.15, -0.1) is 0 Å². The molecule has 26 heavy (non-hydrogen) atoms. The second-order valence-electron chi connectivity index (χ2n) is 5.99. The molecule has 2 aromatic rings. The molecule has 0 spiro atoms. The van der Waals surface area contributed by atoms with Crippen LogP contribution in [0.15, 0.2) is 41.1 Å². The maximum atomic E-state index is 12.5. The van der Waals surface area contributed by atoms with Crippen LogP contribution in [0.2, 0.25) is 0 Å². The van der Waals surface area contributed by atoms with E-state index in [0.29, 0.717) is 5.56 Å². The summed E-state index contributed by atoms with van der Waals surface area (Å²) in [6.45, 7) is -0.225. The van der Waals surface area contributed by atoms with Crippen molar-refractivity contribution in [1.82, 2.24) is 10.1 Å². The number of piperidine rings is 1. The summed E-state index contributed by atoms with van der Waals surface area (Å²) in [6, 6.07) is 9.20. The summed E-state index contributed by atoms with van der Waals surface area (Å²) in [5.74, 6) is -2.54. The average Bonchev–Trinajstić information content (AvgIpc) is 3.09. The van der Waals surface area contributed by atoms with E-state index in [0.717, 1.165) is 10.5 Å². The van der Waals surface area contributed by atoms with E-state index in [-0.39, 0.29) is 37.7 Å². The van der Waals surface area contributed by atoms with Gasteiger partial charge < -0.3 is 9.42 Å². The highest BCUT2D eigenvalue weighted by molar-refractivity contribution is 5.95. The molecule has 0 aliphatic carbocycles. The van der Waals surface area contributed by atoms with Gasteiger partial charge in [-0.3, -0.25) is 14.9 Å². The number of nitrogens with zero attached hydrogens (tertiary/aromatic N) is 2. The molecule has 1 aliphatic heterocycles. The molecule has 9 heteroatoms. The van der Waals surface area contributed by atoms with Crippen LogP contribution in [0.5, 0.6) is 0 Å². The van der Waals surface area contributed by atoms with Crippen LogP contribution in [0.4, 0.5) is 19.1 Å². The molecule has 2 heterocycles. The Bertz CT molecular complexity index is 781. The van der Waals surface area contributed by atoms with Gasteiger partial charge in [-0.05, 0) is 18.4 Å². The quantitative estimate of drug-likeness (QED) is 0.905. The number of halogens is 3. The zero-order chi connectivity index (χ0) is 18.7. The molecule has 0 atom stereocenters. The van der Waals surface area contributed by atoms with Gasteiger partial charge in [0.05, 0.1) is 11.8 Å². The van der Waals surface area contributed by atoms with Gasteiger partial charge in [0.1, 0.15) is 0 Å². The molecule has 1 N–H and O–H groups in total. The lowest BCUT2D eigenvalue weighted by atomic mass is 9.95. The van der Waals surface area contributed by atoms with Gasteiger partial charge >= 0.3 is 12.1 Å². The SMILES string of the molecule is O=C(Nc1oncc1-c1ccccc1)C1CCN(C(=O)C(F)(F)F)CC1. The number of carbonyl (C=O) groups is 2. The van der Waals surface area contributed by atoms with Crippen LogP contribution >= 0.6 is 0 Å². The van der Waals surface area contributed by atoms with Crippen LogP contribution in [0.3, 0.4) is 0 Å². The first-order valence-electron chi connectivity index (χ1n) is 8.03. The van der Waals surface area contributed by atoms with E-state index in [1.807, 2.05) is 30.3 Å².